The summed E-state index contributed by atoms with van der Waals surface area (Å²) >= 11 is 0. The molecule has 1 aromatic rings. The number of benzene rings is 1. The Balaban J connectivity index is 2.47. The molecule has 0 saturated carbocycles. The van der Waals surface area contributed by atoms with Crippen molar-refractivity contribution in [3.05, 3.63) is 35.9 Å². The fourth-order valence-corrected chi connectivity index (χ4v) is 2.03. The lowest BCUT2D eigenvalue weighted by atomic mass is 9.91. The second-order valence-electron chi connectivity index (χ2n) is 4.28. The molecule has 88 valence electrons. The van der Waals surface area contributed by atoms with Crippen LogP contribution < -0.4 is 0 Å². The molecule has 1 unspecified atom stereocenters. The zero-order chi connectivity index (χ0) is 11.8. The fourth-order valence-electron chi connectivity index (χ4n) is 2.03. The molecule has 0 bridgehead atoms. The smallest absolute Gasteiger partial charge is 0.303 e. The van der Waals surface area contributed by atoms with Crippen LogP contribution in [0.15, 0.2) is 30.3 Å². The molecule has 0 aliphatic rings. The summed E-state index contributed by atoms with van der Waals surface area (Å²) in [6.07, 6.45) is 4.32. The van der Waals surface area contributed by atoms with Crippen LogP contribution in [0.25, 0.3) is 0 Å². The molecule has 0 fully saturated rings. The number of carboxylic acid groups (broad SMARTS) is 1. The molecule has 0 aliphatic carbocycles. The van der Waals surface area contributed by atoms with Gasteiger partial charge in [-0.15, -0.1) is 0 Å². The van der Waals surface area contributed by atoms with E-state index in [0.717, 1.165) is 25.7 Å². The summed E-state index contributed by atoms with van der Waals surface area (Å²) < 4.78 is 0. The van der Waals surface area contributed by atoms with Crippen LogP contribution in [-0.4, -0.2) is 11.1 Å². The molecule has 0 aromatic heterocycles. The van der Waals surface area contributed by atoms with Crippen molar-refractivity contribution in [1.82, 2.24) is 0 Å². The minimum absolute atomic E-state index is 0.289. The molecule has 1 N–H and O–H groups in total. The minimum atomic E-state index is -0.686. The Labute approximate surface area is 97.3 Å². The normalized spacial score (nSPS) is 12.3. The second kappa shape index (κ2) is 7.04. The van der Waals surface area contributed by atoms with Gasteiger partial charge in [-0.2, -0.15) is 0 Å². The molecule has 1 aromatic carbocycles. The topological polar surface area (TPSA) is 37.3 Å². The first kappa shape index (κ1) is 12.8. The minimum Gasteiger partial charge on any atom is -0.481 e. The van der Waals surface area contributed by atoms with Crippen LogP contribution in [0.5, 0.6) is 0 Å². The zero-order valence-electron chi connectivity index (χ0n) is 9.86. The van der Waals surface area contributed by atoms with Gasteiger partial charge in [0, 0.05) is 6.42 Å². The Hall–Kier alpha value is -1.31. The van der Waals surface area contributed by atoms with Crippen molar-refractivity contribution >= 4 is 5.97 Å². The van der Waals surface area contributed by atoms with Gasteiger partial charge in [0.1, 0.15) is 0 Å². The van der Waals surface area contributed by atoms with Gasteiger partial charge in [0.25, 0.3) is 0 Å². The summed E-state index contributed by atoms with van der Waals surface area (Å²) in [4.78, 5) is 10.6. The van der Waals surface area contributed by atoms with Gasteiger partial charge >= 0.3 is 5.97 Å². The highest BCUT2D eigenvalue weighted by atomic mass is 16.4. The summed E-state index contributed by atoms with van der Waals surface area (Å²) in [5, 5.41) is 8.70. The molecule has 2 nitrogen and oxygen atoms in total. The van der Waals surface area contributed by atoms with Gasteiger partial charge in [-0.1, -0.05) is 50.1 Å². The summed E-state index contributed by atoms with van der Waals surface area (Å²) in [6, 6.07) is 10.3. The van der Waals surface area contributed by atoms with Gasteiger partial charge in [-0.25, -0.2) is 0 Å². The van der Waals surface area contributed by atoms with Crippen LogP contribution in [-0.2, 0) is 11.2 Å². The van der Waals surface area contributed by atoms with E-state index in [0.29, 0.717) is 5.92 Å². The Morgan fingerprint density at radius 3 is 2.50 bits per heavy atom. The molecule has 0 saturated heterocycles. The first-order valence-electron chi connectivity index (χ1n) is 5.98. The summed E-state index contributed by atoms with van der Waals surface area (Å²) in [5.74, 6) is -0.183. The van der Waals surface area contributed by atoms with Crippen LogP contribution in [0, 0.1) is 5.92 Å². The number of carbonyl (C=O) groups is 1. The largest absolute Gasteiger partial charge is 0.481 e. The van der Waals surface area contributed by atoms with Crippen LogP contribution >= 0.6 is 0 Å². The van der Waals surface area contributed by atoms with Gasteiger partial charge in [0.15, 0.2) is 0 Å². The molecule has 2 heteroatoms. The predicted octanol–water partition coefficient (Wildman–Crippen LogP) is 3.51. The van der Waals surface area contributed by atoms with E-state index in [1.807, 2.05) is 18.2 Å². The monoisotopic (exact) mass is 220 g/mol. The summed E-state index contributed by atoms with van der Waals surface area (Å²) in [5.41, 5.74) is 1.31. The SMILES string of the molecule is CCCC(CCC(=O)O)Cc1ccccc1. The van der Waals surface area contributed by atoms with Crippen LogP contribution in [0.2, 0.25) is 0 Å². The number of aliphatic carboxylic acids is 1. The average Bonchev–Trinajstić information content (AvgIpc) is 2.27. The first-order valence-corrected chi connectivity index (χ1v) is 5.98. The van der Waals surface area contributed by atoms with E-state index in [4.69, 9.17) is 5.11 Å². The lowest BCUT2D eigenvalue weighted by Gasteiger charge is -2.14. The molecule has 0 radical (unpaired) electrons. The van der Waals surface area contributed by atoms with Gasteiger partial charge in [0.05, 0.1) is 0 Å². The molecule has 0 heterocycles. The van der Waals surface area contributed by atoms with E-state index < -0.39 is 5.97 Å². The lowest BCUT2D eigenvalue weighted by Crippen LogP contribution is -2.07. The molecule has 1 atom stereocenters. The van der Waals surface area contributed by atoms with Crippen molar-refractivity contribution in [2.45, 2.75) is 39.0 Å². The molecule has 1 rings (SSSR count). The van der Waals surface area contributed by atoms with E-state index in [1.165, 1.54) is 5.56 Å². The highest BCUT2D eigenvalue weighted by Crippen LogP contribution is 2.19. The molecular weight excluding hydrogens is 200 g/mol. The summed E-state index contributed by atoms with van der Waals surface area (Å²) in [7, 11) is 0. The zero-order valence-corrected chi connectivity index (χ0v) is 9.86. The van der Waals surface area contributed by atoms with Crippen molar-refractivity contribution in [2.24, 2.45) is 5.92 Å². The Morgan fingerprint density at radius 1 is 1.25 bits per heavy atom. The van der Waals surface area contributed by atoms with Crippen LogP contribution in [0.4, 0.5) is 0 Å². The number of carboxylic acids is 1. The molecule has 0 spiro atoms. The third-order valence-electron chi connectivity index (χ3n) is 2.83. The van der Waals surface area contributed by atoms with Crippen molar-refractivity contribution in [3.63, 3.8) is 0 Å². The lowest BCUT2D eigenvalue weighted by molar-refractivity contribution is -0.137. The van der Waals surface area contributed by atoms with Crippen molar-refractivity contribution < 1.29 is 9.90 Å². The standard InChI is InChI=1S/C14H20O2/c1-2-6-12(9-10-14(15)16)11-13-7-4-3-5-8-13/h3-5,7-8,12H,2,6,9-11H2,1H3,(H,15,16). The maximum Gasteiger partial charge on any atom is 0.303 e. The number of hydrogen-bond acceptors (Lipinski definition) is 1. The average molecular weight is 220 g/mol. The highest BCUT2D eigenvalue weighted by molar-refractivity contribution is 5.66. The first-order chi connectivity index (χ1) is 7.72. The Kier molecular flexibility index (Phi) is 5.62. The molecule has 0 aliphatic heterocycles. The van der Waals surface area contributed by atoms with Crippen molar-refractivity contribution in [1.29, 1.82) is 0 Å². The fraction of sp³-hybridized carbons (Fsp3) is 0.500. The third kappa shape index (κ3) is 4.96. The van der Waals surface area contributed by atoms with Crippen LogP contribution in [0.3, 0.4) is 0 Å². The maximum atomic E-state index is 10.6. The Morgan fingerprint density at radius 2 is 1.94 bits per heavy atom. The van der Waals surface area contributed by atoms with E-state index in [-0.39, 0.29) is 6.42 Å². The van der Waals surface area contributed by atoms with Gasteiger partial charge in [-0.05, 0) is 24.3 Å². The number of rotatable bonds is 7. The molecular formula is C14H20O2. The van der Waals surface area contributed by atoms with E-state index in [9.17, 15) is 4.79 Å². The van der Waals surface area contributed by atoms with Crippen molar-refractivity contribution in [3.8, 4) is 0 Å². The van der Waals surface area contributed by atoms with E-state index in [1.54, 1.807) is 0 Å². The van der Waals surface area contributed by atoms with Gasteiger partial charge in [-0.3, -0.25) is 4.79 Å². The quantitative estimate of drug-likeness (QED) is 0.763. The molecule has 0 amide bonds. The van der Waals surface area contributed by atoms with E-state index >= 15 is 0 Å². The third-order valence-corrected chi connectivity index (χ3v) is 2.83. The molecule has 16 heavy (non-hydrogen) atoms. The second-order valence-corrected chi connectivity index (χ2v) is 4.28. The maximum absolute atomic E-state index is 10.6. The highest BCUT2D eigenvalue weighted by Gasteiger charge is 2.10. The van der Waals surface area contributed by atoms with Crippen LogP contribution in [0.1, 0.15) is 38.2 Å². The van der Waals surface area contributed by atoms with Crippen molar-refractivity contribution in [2.75, 3.05) is 0 Å². The predicted molar refractivity (Wildman–Crippen MR) is 65.4 cm³/mol. The summed E-state index contributed by atoms with van der Waals surface area (Å²) in [6.45, 7) is 2.15. The van der Waals surface area contributed by atoms with Gasteiger partial charge in [0.2, 0.25) is 0 Å². The van der Waals surface area contributed by atoms with Gasteiger partial charge < -0.3 is 5.11 Å². The van der Waals surface area contributed by atoms with E-state index in [2.05, 4.69) is 19.1 Å². The Bertz CT molecular complexity index is 306. The number of hydrogen-bond donors (Lipinski definition) is 1.